The molecule has 1 fully saturated rings. The Morgan fingerprint density at radius 3 is 2.33 bits per heavy atom. The summed E-state index contributed by atoms with van der Waals surface area (Å²) in [4.78, 5) is 0. The Balaban J connectivity index is 1.81. The van der Waals surface area contributed by atoms with Crippen LogP contribution in [0.4, 0.5) is 0 Å². The molecule has 0 radical (unpaired) electrons. The molecule has 0 bridgehead atoms. The zero-order valence-corrected chi connectivity index (χ0v) is 13.8. The summed E-state index contributed by atoms with van der Waals surface area (Å²) in [5.41, 5.74) is 0.480. The summed E-state index contributed by atoms with van der Waals surface area (Å²) in [6.45, 7) is 0.827. The molecule has 0 aliphatic heterocycles. The molecule has 1 nitrogen and oxygen atoms in total. The molecule has 0 amide bonds. The maximum absolute atomic E-state index is 5.85. The van der Waals surface area contributed by atoms with Crippen molar-refractivity contribution < 1.29 is 4.74 Å². The number of rotatable bonds is 5. The van der Waals surface area contributed by atoms with E-state index in [1.54, 1.807) is 0 Å². The highest BCUT2D eigenvalue weighted by Crippen LogP contribution is 2.40. The van der Waals surface area contributed by atoms with Gasteiger partial charge in [0, 0.05) is 9.80 Å². The van der Waals surface area contributed by atoms with Crippen molar-refractivity contribution in [3.8, 4) is 5.75 Å². The first-order chi connectivity index (χ1) is 8.74. The minimum Gasteiger partial charge on any atom is -0.494 e. The molecule has 0 N–H and O–H groups in total. The van der Waals surface area contributed by atoms with Crippen molar-refractivity contribution in [2.75, 3.05) is 11.9 Å². The molecule has 18 heavy (non-hydrogen) atoms. The van der Waals surface area contributed by atoms with E-state index in [0.29, 0.717) is 5.41 Å². The van der Waals surface area contributed by atoms with Crippen molar-refractivity contribution in [1.82, 2.24) is 0 Å². The molecular formula is C15H20Br2O. The lowest BCUT2D eigenvalue weighted by Crippen LogP contribution is -2.28. The van der Waals surface area contributed by atoms with Crippen molar-refractivity contribution in [3.63, 3.8) is 0 Å². The number of alkyl halides is 1. The molecule has 0 saturated heterocycles. The van der Waals surface area contributed by atoms with Crippen molar-refractivity contribution in [3.05, 3.63) is 28.7 Å². The molecule has 2 rings (SSSR count). The Morgan fingerprint density at radius 1 is 1.06 bits per heavy atom. The summed E-state index contributed by atoms with van der Waals surface area (Å²) in [5.74, 6) is 0.971. The van der Waals surface area contributed by atoms with Crippen LogP contribution in [0, 0.1) is 5.41 Å². The van der Waals surface area contributed by atoms with E-state index in [1.165, 1.54) is 32.1 Å². The molecule has 3 heteroatoms. The molecule has 1 saturated carbocycles. The Morgan fingerprint density at radius 2 is 1.72 bits per heavy atom. The van der Waals surface area contributed by atoms with Crippen LogP contribution in [0.3, 0.4) is 0 Å². The molecule has 0 aromatic heterocycles. The van der Waals surface area contributed by atoms with Crippen LogP contribution in [0.1, 0.15) is 38.5 Å². The smallest absolute Gasteiger partial charge is 0.119 e. The molecule has 1 aromatic carbocycles. The van der Waals surface area contributed by atoms with E-state index >= 15 is 0 Å². The summed E-state index contributed by atoms with van der Waals surface area (Å²) < 4.78 is 6.95. The Bertz CT molecular complexity index is 355. The van der Waals surface area contributed by atoms with Gasteiger partial charge >= 0.3 is 0 Å². The third-order valence-electron chi connectivity index (χ3n) is 3.91. The molecule has 1 aliphatic carbocycles. The van der Waals surface area contributed by atoms with Crippen LogP contribution in [0.5, 0.6) is 5.75 Å². The lowest BCUT2D eigenvalue weighted by Gasteiger charge is -2.35. The lowest BCUT2D eigenvalue weighted by molar-refractivity contribution is 0.163. The van der Waals surface area contributed by atoms with Gasteiger partial charge in [0.1, 0.15) is 5.75 Å². The highest BCUT2D eigenvalue weighted by molar-refractivity contribution is 9.10. The molecule has 0 spiro atoms. The van der Waals surface area contributed by atoms with Crippen LogP contribution >= 0.6 is 31.9 Å². The van der Waals surface area contributed by atoms with Crippen LogP contribution < -0.4 is 4.74 Å². The van der Waals surface area contributed by atoms with Gasteiger partial charge in [-0.15, -0.1) is 0 Å². The predicted molar refractivity (Wildman–Crippen MR) is 83.6 cm³/mol. The molecule has 1 aliphatic rings. The molecule has 0 atom stereocenters. The van der Waals surface area contributed by atoms with Crippen LogP contribution in [-0.2, 0) is 0 Å². The summed E-state index contributed by atoms with van der Waals surface area (Å²) in [7, 11) is 0. The maximum atomic E-state index is 5.85. The van der Waals surface area contributed by atoms with Crippen molar-refractivity contribution in [2.45, 2.75) is 38.5 Å². The highest BCUT2D eigenvalue weighted by atomic mass is 79.9. The molecular weight excluding hydrogens is 356 g/mol. The Kier molecular flexibility index (Phi) is 5.56. The minimum absolute atomic E-state index is 0.480. The number of hydrogen-bond donors (Lipinski definition) is 0. The number of ether oxygens (including phenoxy) is 1. The largest absolute Gasteiger partial charge is 0.494 e. The van der Waals surface area contributed by atoms with Gasteiger partial charge in [0.25, 0.3) is 0 Å². The van der Waals surface area contributed by atoms with Gasteiger partial charge in [0.2, 0.25) is 0 Å². The van der Waals surface area contributed by atoms with Gasteiger partial charge < -0.3 is 4.74 Å². The first kappa shape index (κ1) is 14.4. The van der Waals surface area contributed by atoms with Gasteiger partial charge in [-0.3, -0.25) is 0 Å². The topological polar surface area (TPSA) is 9.23 Å². The number of benzene rings is 1. The average molecular weight is 376 g/mol. The fraction of sp³-hybridized carbons (Fsp3) is 0.600. The quantitative estimate of drug-likeness (QED) is 0.611. The summed E-state index contributed by atoms with van der Waals surface area (Å²) in [5, 5.41) is 1.11. The fourth-order valence-electron chi connectivity index (χ4n) is 2.67. The van der Waals surface area contributed by atoms with E-state index in [1.807, 2.05) is 24.3 Å². The van der Waals surface area contributed by atoms with Gasteiger partial charge in [0.15, 0.2) is 0 Å². The van der Waals surface area contributed by atoms with Gasteiger partial charge in [-0.2, -0.15) is 0 Å². The third kappa shape index (κ3) is 3.99. The fourth-order valence-corrected chi connectivity index (χ4v) is 3.77. The number of halogens is 2. The average Bonchev–Trinajstić information content (AvgIpc) is 2.42. The maximum Gasteiger partial charge on any atom is 0.119 e. The molecule has 0 heterocycles. The van der Waals surface area contributed by atoms with Gasteiger partial charge in [0.05, 0.1) is 6.61 Å². The van der Waals surface area contributed by atoms with E-state index in [0.717, 1.165) is 28.6 Å². The second-order valence-electron chi connectivity index (χ2n) is 5.25. The Labute approximate surface area is 127 Å². The van der Waals surface area contributed by atoms with Crippen molar-refractivity contribution >= 4 is 31.9 Å². The van der Waals surface area contributed by atoms with E-state index < -0.39 is 0 Å². The van der Waals surface area contributed by atoms with Crippen LogP contribution in [0.25, 0.3) is 0 Å². The first-order valence-electron chi connectivity index (χ1n) is 6.68. The molecule has 100 valence electrons. The van der Waals surface area contributed by atoms with E-state index in [2.05, 4.69) is 31.9 Å². The summed E-state index contributed by atoms with van der Waals surface area (Å²) >= 11 is 7.14. The van der Waals surface area contributed by atoms with Crippen LogP contribution in [0.15, 0.2) is 28.7 Å². The summed E-state index contributed by atoms with van der Waals surface area (Å²) in [6.07, 6.45) is 8.02. The zero-order valence-electron chi connectivity index (χ0n) is 10.6. The zero-order chi connectivity index (χ0) is 12.8. The van der Waals surface area contributed by atoms with E-state index in [9.17, 15) is 0 Å². The van der Waals surface area contributed by atoms with E-state index in [4.69, 9.17) is 4.74 Å². The second-order valence-corrected chi connectivity index (χ2v) is 6.72. The monoisotopic (exact) mass is 374 g/mol. The van der Waals surface area contributed by atoms with E-state index in [-0.39, 0.29) is 0 Å². The van der Waals surface area contributed by atoms with Crippen molar-refractivity contribution in [2.24, 2.45) is 5.41 Å². The minimum atomic E-state index is 0.480. The van der Waals surface area contributed by atoms with Crippen LogP contribution in [0.2, 0.25) is 0 Å². The summed E-state index contributed by atoms with van der Waals surface area (Å²) in [6, 6.07) is 8.09. The Hall–Kier alpha value is -0.0200. The predicted octanol–water partition coefficient (Wildman–Crippen LogP) is 5.56. The van der Waals surface area contributed by atoms with Gasteiger partial charge in [-0.25, -0.2) is 0 Å². The normalized spacial score (nSPS) is 18.6. The van der Waals surface area contributed by atoms with Crippen molar-refractivity contribution in [1.29, 1.82) is 0 Å². The van der Waals surface area contributed by atoms with Crippen LogP contribution in [-0.4, -0.2) is 11.9 Å². The second kappa shape index (κ2) is 6.95. The first-order valence-corrected chi connectivity index (χ1v) is 8.60. The third-order valence-corrected chi connectivity index (χ3v) is 5.63. The van der Waals surface area contributed by atoms with Gasteiger partial charge in [-0.1, -0.05) is 51.1 Å². The number of hydrogen-bond acceptors (Lipinski definition) is 1. The molecule has 0 unspecified atom stereocenters. The SMILES string of the molecule is BrCC1(CCOc2ccc(Br)cc2)CCCCC1. The molecule has 1 aromatic rings. The standard InChI is InChI=1S/C15H20Br2O/c16-12-15(8-2-1-3-9-15)10-11-18-14-6-4-13(17)5-7-14/h4-7H,1-3,8-12H2. The highest BCUT2D eigenvalue weighted by Gasteiger charge is 2.30. The van der Waals surface area contributed by atoms with Gasteiger partial charge in [-0.05, 0) is 48.9 Å². The lowest BCUT2D eigenvalue weighted by atomic mass is 9.74.